The maximum atomic E-state index is 5.56. The molecule has 1 saturated heterocycles. The third kappa shape index (κ3) is 3.84. The fourth-order valence-corrected chi connectivity index (χ4v) is 3.61. The summed E-state index contributed by atoms with van der Waals surface area (Å²) >= 11 is 0. The van der Waals surface area contributed by atoms with Crippen molar-refractivity contribution in [3.63, 3.8) is 0 Å². The molecule has 1 aliphatic rings. The smallest absolute Gasteiger partial charge is 0.158 e. The van der Waals surface area contributed by atoms with Crippen molar-refractivity contribution in [1.29, 1.82) is 0 Å². The number of aryl methyl sites for hydroxylation is 1. The number of anilines is 1. The Kier molecular flexibility index (Phi) is 5.03. The van der Waals surface area contributed by atoms with Crippen molar-refractivity contribution in [2.75, 3.05) is 31.2 Å². The van der Waals surface area contributed by atoms with Crippen LogP contribution >= 0.6 is 0 Å². The summed E-state index contributed by atoms with van der Waals surface area (Å²) in [6.07, 6.45) is 1.75. The number of fused-ring (bicyclic) bond motifs is 1. The van der Waals surface area contributed by atoms with Crippen LogP contribution in [0.4, 0.5) is 5.82 Å². The van der Waals surface area contributed by atoms with Gasteiger partial charge in [-0.2, -0.15) is 9.61 Å². The van der Waals surface area contributed by atoms with Crippen LogP contribution in [0.2, 0.25) is 0 Å². The number of benzene rings is 1. The van der Waals surface area contributed by atoms with E-state index < -0.39 is 0 Å². The minimum atomic E-state index is 0.472. The molecule has 5 rings (SSSR count). The number of aliphatic imine (C=N–C) groups is 1. The fraction of sp³-hybridized carbons (Fsp3) is 0.261. The molecule has 0 saturated carbocycles. The summed E-state index contributed by atoms with van der Waals surface area (Å²) in [6, 6.07) is 18.1. The first-order chi connectivity index (χ1) is 14.8. The van der Waals surface area contributed by atoms with Crippen molar-refractivity contribution < 1.29 is 9.15 Å². The van der Waals surface area contributed by atoms with Gasteiger partial charge in [0.05, 0.1) is 37.4 Å². The molecule has 0 radical (unpaired) electrons. The van der Waals surface area contributed by atoms with Crippen molar-refractivity contribution in [3.05, 3.63) is 71.8 Å². The summed E-state index contributed by atoms with van der Waals surface area (Å²) in [4.78, 5) is 11.6. The number of nitrogens with zero attached hydrogens (tertiary/aromatic N) is 5. The number of ether oxygens (including phenoxy) is 1. The van der Waals surface area contributed by atoms with Crippen LogP contribution in [0, 0.1) is 6.92 Å². The van der Waals surface area contributed by atoms with Gasteiger partial charge in [0.25, 0.3) is 0 Å². The first kappa shape index (κ1) is 18.6. The molecule has 0 aliphatic carbocycles. The number of aromatic nitrogens is 3. The topological polar surface area (TPSA) is 68.2 Å². The Morgan fingerprint density at radius 2 is 1.90 bits per heavy atom. The second-order valence-electron chi connectivity index (χ2n) is 7.29. The maximum absolute atomic E-state index is 5.56. The van der Waals surface area contributed by atoms with Crippen LogP contribution in [0.15, 0.2) is 64.0 Å². The minimum absolute atomic E-state index is 0.472. The highest BCUT2D eigenvalue weighted by atomic mass is 16.5. The van der Waals surface area contributed by atoms with Gasteiger partial charge in [0.15, 0.2) is 5.65 Å². The van der Waals surface area contributed by atoms with Crippen molar-refractivity contribution >= 4 is 17.7 Å². The minimum Gasteiger partial charge on any atom is -0.460 e. The fourth-order valence-electron chi connectivity index (χ4n) is 3.61. The number of morpholine rings is 1. The molecule has 0 unspecified atom stereocenters. The molecule has 4 heterocycles. The van der Waals surface area contributed by atoms with Gasteiger partial charge in [-0.1, -0.05) is 30.3 Å². The molecule has 4 aromatic rings. The van der Waals surface area contributed by atoms with Crippen LogP contribution in [0.3, 0.4) is 0 Å². The summed E-state index contributed by atoms with van der Waals surface area (Å²) in [6.45, 7) is 5.47. The van der Waals surface area contributed by atoms with E-state index in [-0.39, 0.29) is 0 Å². The van der Waals surface area contributed by atoms with Crippen LogP contribution in [-0.4, -0.2) is 47.1 Å². The molecule has 1 fully saturated rings. The highest BCUT2D eigenvalue weighted by molar-refractivity contribution is 5.75. The highest BCUT2D eigenvalue weighted by Gasteiger charge is 2.18. The van der Waals surface area contributed by atoms with Gasteiger partial charge < -0.3 is 14.1 Å². The first-order valence-electron chi connectivity index (χ1n) is 10.1. The standard InChI is InChI=1S/C23H23N5O2/c1-17-7-8-20(30-17)16-24-15-19-13-23(27-9-11-29-12-10-27)28-22(25-19)14-21(26-28)18-5-3-2-4-6-18/h2-8,13-14,16H,9-12,15H2,1H3. The summed E-state index contributed by atoms with van der Waals surface area (Å²) in [7, 11) is 0. The van der Waals surface area contributed by atoms with E-state index in [9.17, 15) is 0 Å². The van der Waals surface area contributed by atoms with E-state index in [1.807, 2.05) is 47.8 Å². The Balaban J connectivity index is 1.51. The number of hydrogen-bond acceptors (Lipinski definition) is 6. The lowest BCUT2D eigenvalue weighted by Gasteiger charge is -2.29. The average molecular weight is 401 g/mol. The zero-order chi connectivity index (χ0) is 20.3. The second kappa shape index (κ2) is 8.12. The Bertz CT molecular complexity index is 1170. The molecule has 0 amide bonds. The quantitative estimate of drug-likeness (QED) is 0.477. The lowest BCUT2D eigenvalue weighted by atomic mass is 10.2. The first-order valence-corrected chi connectivity index (χ1v) is 10.1. The Labute approximate surface area is 174 Å². The summed E-state index contributed by atoms with van der Waals surface area (Å²) in [5, 5.41) is 4.85. The summed E-state index contributed by atoms with van der Waals surface area (Å²) in [5.41, 5.74) is 3.69. The van der Waals surface area contributed by atoms with Crippen LogP contribution in [0.1, 0.15) is 17.2 Å². The van der Waals surface area contributed by atoms with Gasteiger partial charge in [-0.05, 0) is 19.1 Å². The molecule has 7 heteroatoms. The maximum Gasteiger partial charge on any atom is 0.158 e. The summed E-state index contributed by atoms with van der Waals surface area (Å²) < 4.78 is 13.0. The molecule has 0 N–H and O–H groups in total. The van der Waals surface area contributed by atoms with E-state index in [4.69, 9.17) is 19.2 Å². The molecule has 0 atom stereocenters. The Morgan fingerprint density at radius 1 is 1.07 bits per heavy atom. The second-order valence-corrected chi connectivity index (χ2v) is 7.29. The van der Waals surface area contributed by atoms with Gasteiger partial charge in [0, 0.05) is 30.8 Å². The van der Waals surface area contributed by atoms with Crippen molar-refractivity contribution in [1.82, 2.24) is 14.6 Å². The molecule has 30 heavy (non-hydrogen) atoms. The lowest BCUT2D eigenvalue weighted by Crippen LogP contribution is -2.37. The normalized spacial score (nSPS) is 14.8. The largest absolute Gasteiger partial charge is 0.460 e. The molecule has 152 valence electrons. The van der Waals surface area contributed by atoms with Gasteiger partial charge in [-0.25, -0.2) is 4.98 Å². The molecule has 0 bridgehead atoms. The number of rotatable bonds is 5. The predicted molar refractivity (Wildman–Crippen MR) is 116 cm³/mol. The third-order valence-electron chi connectivity index (χ3n) is 5.10. The van der Waals surface area contributed by atoms with Gasteiger partial charge in [0.1, 0.15) is 17.3 Å². The van der Waals surface area contributed by atoms with Gasteiger partial charge in [-0.15, -0.1) is 0 Å². The molecular weight excluding hydrogens is 378 g/mol. The molecule has 1 aliphatic heterocycles. The van der Waals surface area contributed by atoms with Gasteiger partial charge in [-0.3, -0.25) is 4.99 Å². The van der Waals surface area contributed by atoms with Crippen molar-refractivity contribution in [2.45, 2.75) is 13.5 Å². The summed E-state index contributed by atoms with van der Waals surface area (Å²) in [5.74, 6) is 2.64. The monoisotopic (exact) mass is 401 g/mol. The zero-order valence-corrected chi connectivity index (χ0v) is 16.9. The van der Waals surface area contributed by atoms with Crippen LogP contribution < -0.4 is 4.90 Å². The van der Waals surface area contributed by atoms with E-state index in [0.29, 0.717) is 19.8 Å². The number of furan rings is 1. The van der Waals surface area contributed by atoms with Crippen LogP contribution in [0.5, 0.6) is 0 Å². The third-order valence-corrected chi connectivity index (χ3v) is 5.10. The Hall–Kier alpha value is -3.45. The van der Waals surface area contributed by atoms with Gasteiger partial charge >= 0.3 is 0 Å². The Morgan fingerprint density at radius 3 is 2.67 bits per heavy atom. The SMILES string of the molecule is Cc1ccc(C=NCc2cc(N3CCOCC3)n3nc(-c4ccccc4)cc3n2)o1. The van der Waals surface area contributed by atoms with Gasteiger partial charge in [0.2, 0.25) is 0 Å². The highest BCUT2D eigenvalue weighted by Crippen LogP contribution is 2.24. The van der Waals surface area contributed by atoms with E-state index in [1.54, 1.807) is 6.21 Å². The zero-order valence-electron chi connectivity index (χ0n) is 16.9. The van der Waals surface area contributed by atoms with E-state index in [1.165, 1.54) is 0 Å². The predicted octanol–water partition coefficient (Wildman–Crippen LogP) is 3.75. The van der Waals surface area contributed by atoms with Crippen molar-refractivity contribution in [2.24, 2.45) is 4.99 Å². The molecule has 1 aromatic carbocycles. The van der Waals surface area contributed by atoms with E-state index in [2.05, 4.69) is 28.1 Å². The van der Waals surface area contributed by atoms with E-state index in [0.717, 1.165) is 53.0 Å². The number of hydrogen-bond donors (Lipinski definition) is 0. The average Bonchev–Trinajstić information content (AvgIpc) is 3.40. The molecule has 0 spiro atoms. The van der Waals surface area contributed by atoms with E-state index >= 15 is 0 Å². The molecule has 7 nitrogen and oxygen atoms in total. The molecule has 3 aromatic heterocycles. The van der Waals surface area contributed by atoms with Crippen LogP contribution in [0.25, 0.3) is 16.9 Å². The lowest BCUT2D eigenvalue weighted by molar-refractivity contribution is 0.122. The van der Waals surface area contributed by atoms with Crippen LogP contribution in [-0.2, 0) is 11.3 Å². The van der Waals surface area contributed by atoms with Crippen molar-refractivity contribution in [3.8, 4) is 11.3 Å². The molecular formula is C23H23N5O2.